The van der Waals surface area contributed by atoms with Crippen LogP contribution in [0.4, 0.5) is 10.5 Å². The number of benzene rings is 1. The number of aliphatic hydroxyl groups excluding tert-OH is 1. The van der Waals surface area contributed by atoms with Gasteiger partial charge in [-0.1, -0.05) is 0 Å². The Hall–Kier alpha value is -2.15. The minimum absolute atomic E-state index is 0.137. The van der Waals surface area contributed by atoms with Gasteiger partial charge in [-0.2, -0.15) is 0 Å². The number of phenols is 3. The SMILES string of the molecule is O=C(NCCCCCO)Nc1cc(O)c(O)c(O)c1. The van der Waals surface area contributed by atoms with E-state index in [4.69, 9.17) is 10.2 Å². The normalized spacial score (nSPS) is 10.2. The Morgan fingerprint density at radius 2 is 1.68 bits per heavy atom. The minimum Gasteiger partial charge on any atom is -0.504 e. The maximum Gasteiger partial charge on any atom is 0.319 e. The first-order valence-electron chi connectivity index (χ1n) is 5.95. The number of hydrogen-bond donors (Lipinski definition) is 6. The van der Waals surface area contributed by atoms with Gasteiger partial charge < -0.3 is 31.1 Å². The standard InChI is InChI=1S/C12H18N2O5/c15-5-3-1-2-4-13-12(19)14-8-6-9(16)11(18)10(17)7-8/h6-7,15-18H,1-5H2,(H2,13,14,19). The average molecular weight is 270 g/mol. The van der Waals surface area contributed by atoms with Gasteiger partial charge in [0.15, 0.2) is 17.2 Å². The highest BCUT2D eigenvalue weighted by Gasteiger charge is 2.09. The van der Waals surface area contributed by atoms with E-state index in [0.717, 1.165) is 25.0 Å². The fourth-order valence-electron chi connectivity index (χ4n) is 1.47. The van der Waals surface area contributed by atoms with E-state index in [1.165, 1.54) is 0 Å². The zero-order chi connectivity index (χ0) is 14.3. The van der Waals surface area contributed by atoms with E-state index in [-0.39, 0.29) is 12.3 Å². The molecule has 1 aromatic carbocycles. The van der Waals surface area contributed by atoms with Crippen LogP contribution in [0.2, 0.25) is 0 Å². The molecule has 0 aliphatic carbocycles. The number of aliphatic hydroxyl groups is 1. The number of phenolic OH excluding ortho intramolecular Hbond substituents is 3. The van der Waals surface area contributed by atoms with Gasteiger partial charge in [0.1, 0.15) is 0 Å². The van der Waals surface area contributed by atoms with Crippen molar-refractivity contribution in [3.05, 3.63) is 12.1 Å². The van der Waals surface area contributed by atoms with E-state index in [9.17, 15) is 15.0 Å². The molecule has 0 saturated heterocycles. The zero-order valence-corrected chi connectivity index (χ0v) is 10.4. The molecular weight excluding hydrogens is 252 g/mol. The average Bonchev–Trinajstić information content (AvgIpc) is 2.35. The van der Waals surface area contributed by atoms with Gasteiger partial charge >= 0.3 is 6.03 Å². The summed E-state index contributed by atoms with van der Waals surface area (Å²) in [5, 5.41) is 41.2. The van der Waals surface area contributed by atoms with Crippen molar-refractivity contribution in [1.82, 2.24) is 5.32 Å². The summed E-state index contributed by atoms with van der Waals surface area (Å²) in [4.78, 5) is 11.5. The van der Waals surface area contributed by atoms with Crippen LogP contribution in [0.1, 0.15) is 19.3 Å². The molecule has 0 unspecified atom stereocenters. The van der Waals surface area contributed by atoms with Crippen LogP contribution in [-0.4, -0.2) is 39.6 Å². The Morgan fingerprint density at radius 1 is 1.05 bits per heavy atom. The Bertz CT molecular complexity index is 413. The van der Waals surface area contributed by atoms with E-state index in [0.29, 0.717) is 13.0 Å². The molecule has 0 bridgehead atoms. The Kier molecular flexibility index (Phi) is 5.74. The van der Waals surface area contributed by atoms with Gasteiger partial charge in [0.2, 0.25) is 0 Å². The number of rotatable bonds is 6. The number of hydrogen-bond acceptors (Lipinski definition) is 5. The van der Waals surface area contributed by atoms with E-state index in [1.54, 1.807) is 0 Å². The fourth-order valence-corrected chi connectivity index (χ4v) is 1.47. The highest BCUT2D eigenvalue weighted by molar-refractivity contribution is 5.90. The molecule has 0 fully saturated rings. The number of unbranched alkanes of at least 4 members (excludes halogenated alkanes) is 2. The van der Waals surface area contributed by atoms with Crippen molar-refractivity contribution in [2.24, 2.45) is 0 Å². The van der Waals surface area contributed by atoms with Crippen LogP contribution in [0.5, 0.6) is 17.2 Å². The summed E-state index contributed by atoms with van der Waals surface area (Å²) >= 11 is 0. The first-order valence-corrected chi connectivity index (χ1v) is 5.95. The molecule has 1 rings (SSSR count). The molecule has 0 aliphatic heterocycles. The second-order valence-corrected chi connectivity index (χ2v) is 4.03. The van der Waals surface area contributed by atoms with Gasteiger partial charge in [-0.15, -0.1) is 0 Å². The van der Waals surface area contributed by atoms with Gasteiger partial charge in [0.05, 0.1) is 5.69 Å². The first kappa shape index (κ1) is 14.9. The van der Waals surface area contributed by atoms with Crippen LogP contribution in [0, 0.1) is 0 Å². The lowest BCUT2D eigenvalue weighted by Gasteiger charge is -2.09. The molecule has 0 aliphatic rings. The van der Waals surface area contributed by atoms with Gasteiger partial charge in [0, 0.05) is 25.3 Å². The number of aromatic hydroxyl groups is 3. The molecule has 7 nitrogen and oxygen atoms in total. The molecule has 0 spiro atoms. The number of nitrogens with one attached hydrogen (secondary N) is 2. The van der Waals surface area contributed by atoms with E-state index < -0.39 is 23.3 Å². The van der Waals surface area contributed by atoms with Crippen molar-refractivity contribution in [2.75, 3.05) is 18.5 Å². The molecule has 19 heavy (non-hydrogen) atoms. The Morgan fingerprint density at radius 3 is 2.26 bits per heavy atom. The summed E-state index contributed by atoms with van der Waals surface area (Å²) in [6, 6.07) is 1.77. The zero-order valence-electron chi connectivity index (χ0n) is 10.4. The maximum atomic E-state index is 11.5. The molecule has 0 radical (unpaired) electrons. The van der Waals surface area contributed by atoms with E-state index in [1.807, 2.05) is 0 Å². The highest BCUT2D eigenvalue weighted by Crippen LogP contribution is 2.37. The molecule has 1 aromatic rings. The van der Waals surface area contributed by atoms with Gasteiger partial charge in [0.25, 0.3) is 0 Å². The van der Waals surface area contributed by atoms with Crippen molar-refractivity contribution in [3.63, 3.8) is 0 Å². The largest absolute Gasteiger partial charge is 0.504 e. The van der Waals surface area contributed by atoms with Gasteiger partial charge in [-0.05, 0) is 19.3 Å². The topological polar surface area (TPSA) is 122 Å². The first-order chi connectivity index (χ1) is 9.04. The number of amides is 2. The molecule has 7 heteroatoms. The highest BCUT2D eigenvalue weighted by atomic mass is 16.3. The van der Waals surface area contributed by atoms with E-state index >= 15 is 0 Å². The van der Waals surface area contributed by atoms with Crippen molar-refractivity contribution in [1.29, 1.82) is 0 Å². The third-order valence-electron chi connectivity index (χ3n) is 2.45. The number of carbonyl (C=O) groups is 1. The fraction of sp³-hybridized carbons (Fsp3) is 0.417. The maximum absolute atomic E-state index is 11.5. The van der Waals surface area contributed by atoms with Crippen LogP contribution in [0.3, 0.4) is 0 Å². The number of anilines is 1. The van der Waals surface area contributed by atoms with Gasteiger partial charge in [-0.3, -0.25) is 0 Å². The summed E-state index contributed by atoms with van der Waals surface area (Å²) < 4.78 is 0. The molecule has 6 N–H and O–H groups in total. The molecular formula is C12H18N2O5. The van der Waals surface area contributed by atoms with Crippen LogP contribution in [0.25, 0.3) is 0 Å². The summed E-state index contributed by atoms with van der Waals surface area (Å²) in [6.45, 7) is 0.597. The third-order valence-corrected chi connectivity index (χ3v) is 2.45. The van der Waals surface area contributed by atoms with Crippen molar-refractivity contribution >= 4 is 11.7 Å². The monoisotopic (exact) mass is 270 g/mol. The van der Waals surface area contributed by atoms with Crippen molar-refractivity contribution < 1.29 is 25.2 Å². The summed E-state index contributed by atoms with van der Waals surface area (Å²) in [6.07, 6.45) is 2.26. The van der Waals surface area contributed by atoms with Crippen LogP contribution >= 0.6 is 0 Å². The Balaban J connectivity index is 2.40. The van der Waals surface area contributed by atoms with Crippen molar-refractivity contribution in [3.8, 4) is 17.2 Å². The lowest BCUT2D eigenvalue weighted by Crippen LogP contribution is -2.29. The minimum atomic E-state index is -0.630. The molecule has 106 valence electrons. The molecule has 2 amide bonds. The predicted molar refractivity (Wildman–Crippen MR) is 69.4 cm³/mol. The molecule has 0 saturated carbocycles. The lowest BCUT2D eigenvalue weighted by molar-refractivity contribution is 0.251. The summed E-state index contributed by atoms with van der Waals surface area (Å²) in [5.41, 5.74) is 0.167. The Labute approximate surface area is 110 Å². The van der Waals surface area contributed by atoms with Crippen LogP contribution < -0.4 is 10.6 Å². The molecule has 0 aromatic heterocycles. The lowest BCUT2D eigenvalue weighted by atomic mass is 10.2. The van der Waals surface area contributed by atoms with E-state index in [2.05, 4.69) is 10.6 Å². The van der Waals surface area contributed by atoms with Crippen molar-refractivity contribution in [2.45, 2.75) is 19.3 Å². The molecule has 0 heterocycles. The second kappa shape index (κ2) is 7.32. The van der Waals surface area contributed by atoms with Crippen LogP contribution in [-0.2, 0) is 0 Å². The quantitative estimate of drug-likeness (QED) is 0.262. The van der Waals surface area contributed by atoms with Gasteiger partial charge in [-0.25, -0.2) is 4.79 Å². The van der Waals surface area contributed by atoms with Crippen LogP contribution in [0.15, 0.2) is 12.1 Å². The molecule has 0 atom stereocenters. The summed E-state index contributed by atoms with van der Waals surface area (Å²) in [7, 11) is 0. The third kappa shape index (κ3) is 4.92. The number of urea groups is 1. The predicted octanol–water partition coefficient (Wildman–Crippen LogP) is 1.09. The smallest absolute Gasteiger partial charge is 0.319 e. The number of carbonyl (C=O) groups excluding carboxylic acids is 1. The second-order valence-electron chi connectivity index (χ2n) is 4.03. The summed E-state index contributed by atoms with van der Waals surface area (Å²) in [5.74, 6) is -1.66.